The van der Waals surface area contributed by atoms with Crippen LogP contribution >= 0.6 is 0 Å². The third kappa shape index (κ3) is 2.41. The fourth-order valence-electron chi connectivity index (χ4n) is 3.07. The quantitative estimate of drug-likeness (QED) is 0.661. The summed E-state index contributed by atoms with van der Waals surface area (Å²) in [5.74, 6) is 1.28. The lowest BCUT2D eigenvalue weighted by molar-refractivity contribution is -0.128. The third-order valence-electron chi connectivity index (χ3n) is 4.09. The number of piperidine rings is 1. The zero-order valence-electron chi connectivity index (χ0n) is 10.0. The Bertz CT molecular complexity index is 239. The molecule has 3 atom stereocenters. The van der Waals surface area contributed by atoms with Crippen LogP contribution in [-0.2, 0) is 4.79 Å². The Morgan fingerprint density at radius 3 is 2.67 bits per heavy atom. The monoisotopic (exact) mass is 209 g/mol. The number of hydrogen-bond acceptors (Lipinski definition) is 2. The van der Waals surface area contributed by atoms with Gasteiger partial charge in [0.1, 0.15) is 5.78 Å². The van der Waals surface area contributed by atoms with Crippen molar-refractivity contribution in [3.8, 4) is 0 Å². The van der Waals surface area contributed by atoms with Gasteiger partial charge < -0.3 is 0 Å². The summed E-state index contributed by atoms with van der Waals surface area (Å²) in [5, 5.41) is 0. The molecule has 0 amide bonds. The van der Waals surface area contributed by atoms with Crippen molar-refractivity contribution in [2.75, 3.05) is 6.54 Å². The van der Waals surface area contributed by atoms with E-state index in [1.165, 1.54) is 19.3 Å². The second-order valence-corrected chi connectivity index (χ2v) is 5.46. The smallest absolute Gasteiger partial charge is 0.149 e. The van der Waals surface area contributed by atoms with Crippen molar-refractivity contribution in [2.24, 2.45) is 5.92 Å². The SMILES string of the molecule is CC1CCC(C)N(C2CCCCC2=O)C1. The number of carbonyl (C=O) groups excluding carboxylic acids is 1. The molecule has 2 fully saturated rings. The maximum absolute atomic E-state index is 11.9. The molecule has 0 bridgehead atoms. The minimum Gasteiger partial charge on any atom is -0.298 e. The average Bonchev–Trinajstić information content (AvgIpc) is 2.23. The first-order valence-corrected chi connectivity index (χ1v) is 6.47. The predicted molar refractivity (Wildman–Crippen MR) is 61.8 cm³/mol. The normalized spacial score (nSPS) is 39.3. The van der Waals surface area contributed by atoms with Crippen LogP contribution in [0, 0.1) is 5.92 Å². The lowest BCUT2D eigenvalue weighted by atomic mass is 9.87. The van der Waals surface area contributed by atoms with Crippen LogP contribution in [0.4, 0.5) is 0 Å². The van der Waals surface area contributed by atoms with Gasteiger partial charge in [0, 0.05) is 19.0 Å². The molecule has 2 nitrogen and oxygen atoms in total. The van der Waals surface area contributed by atoms with E-state index < -0.39 is 0 Å². The highest BCUT2D eigenvalue weighted by atomic mass is 16.1. The maximum Gasteiger partial charge on any atom is 0.149 e. The van der Waals surface area contributed by atoms with Crippen molar-refractivity contribution in [2.45, 2.75) is 64.5 Å². The summed E-state index contributed by atoms with van der Waals surface area (Å²) in [5.41, 5.74) is 0. The van der Waals surface area contributed by atoms with E-state index in [0.717, 1.165) is 31.7 Å². The minimum atomic E-state index is 0.261. The van der Waals surface area contributed by atoms with Crippen molar-refractivity contribution < 1.29 is 4.79 Å². The fourth-order valence-corrected chi connectivity index (χ4v) is 3.07. The number of carbonyl (C=O) groups is 1. The van der Waals surface area contributed by atoms with Gasteiger partial charge in [0.15, 0.2) is 0 Å². The van der Waals surface area contributed by atoms with Gasteiger partial charge in [0.05, 0.1) is 6.04 Å². The first-order chi connectivity index (χ1) is 7.18. The molecule has 0 aromatic heterocycles. The molecular formula is C13H23NO. The molecule has 15 heavy (non-hydrogen) atoms. The number of rotatable bonds is 1. The number of likely N-dealkylation sites (tertiary alicyclic amines) is 1. The Morgan fingerprint density at radius 2 is 1.93 bits per heavy atom. The Balaban J connectivity index is 2.03. The second-order valence-electron chi connectivity index (χ2n) is 5.46. The van der Waals surface area contributed by atoms with Crippen LogP contribution in [0.25, 0.3) is 0 Å². The summed E-state index contributed by atoms with van der Waals surface area (Å²) in [6, 6.07) is 0.879. The van der Waals surface area contributed by atoms with E-state index in [4.69, 9.17) is 0 Å². The summed E-state index contributed by atoms with van der Waals surface area (Å²) in [7, 11) is 0. The van der Waals surface area contributed by atoms with Crippen LogP contribution in [-0.4, -0.2) is 29.3 Å². The molecule has 2 aliphatic rings. The van der Waals surface area contributed by atoms with E-state index in [9.17, 15) is 4.79 Å². The molecule has 0 N–H and O–H groups in total. The van der Waals surface area contributed by atoms with Crippen molar-refractivity contribution in [3.63, 3.8) is 0 Å². The molecule has 2 rings (SSSR count). The zero-order valence-corrected chi connectivity index (χ0v) is 10.0. The summed E-state index contributed by atoms with van der Waals surface area (Å²) < 4.78 is 0. The van der Waals surface area contributed by atoms with Gasteiger partial charge in [0.25, 0.3) is 0 Å². The molecule has 1 aliphatic heterocycles. The van der Waals surface area contributed by atoms with Crippen molar-refractivity contribution >= 4 is 5.78 Å². The maximum atomic E-state index is 11.9. The Kier molecular flexibility index (Phi) is 3.45. The molecule has 0 aromatic carbocycles. The number of Topliss-reactive ketones (excluding diaryl/α,β-unsaturated/α-hetero) is 1. The molecule has 3 unspecified atom stereocenters. The van der Waals surface area contributed by atoms with Gasteiger partial charge >= 0.3 is 0 Å². The number of nitrogens with zero attached hydrogens (tertiary/aromatic N) is 1. The molecule has 1 saturated carbocycles. The zero-order chi connectivity index (χ0) is 10.8. The van der Waals surface area contributed by atoms with Gasteiger partial charge in [-0.3, -0.25) is 9.69 Å². The number of ketones is 1. The first kappa shape index (κ1) is 11.1. The van der Waals surface area contributed by atoms with Crippen molar-refractivity contribution in [1.82, 2.24) is 4.90 Å². The summed E-state index contributed by atoms with van der Waals surface area (Å²) in [4.78, 5) is 14.4. The molecule has 0 spiro atoms. The first-order valence-electron chi connectivity index (χ1n) is 6.47. The standard InChI is InChI=1S/C13H23NO/c1-10-7-8-11(2)14(9-10)12-5-3-4-6-13(12)15/h10-12H,3-9H2,1-2H3. The van der Waals surface area contributed by atoms with Gasteiger partial charge in [-0.2, -0.15) is 0 Å². The summed E-state index contributed by atoms with van der Waals surface area (Å²) in [6.45, 7) is 5.73. The van der Waals surface area contributed by atoms with Gasteiger partial charge in [-0.1, -0.05) is 13.3 Å². The molecular weight excluding hydrogens is 186 g/mol. The minimum absolute atomic E-state index is 0.261. The van der Waals surface area contributed by atoms with E-state index in [1.54, 1.807) is 0 Å². The highest BCUT2D eigenvalue weighted by Crippen LogP contribution is 2.28. The summed E-state index contributed by atoms with van der Waals surface area (Å²) >= 11 is 0. The van der Waals surface area contributed by atoms with Crippen LogP contribution in [0.3, 0.4) is 0 Å². The van der Waals surface area contributed by atoms with Crippen molar-refractivity contribution in [1.29, 1.82) is 0 Å². The highest BCUT2D eigenvalue weighted by molar-refractivity contribution is 5.84. The van der Waals surface area contributed by atoms with Crippen LogP contribution in [0.5, 0.6) is 0 Å². The van der Waals surface area contributed by atoms with Crippen LogP contribution in [0.1, 0.15) is 52.4 Å². The molecule has 86 valence electrons. The number of hydrogen-bond donors (Lipinski definition) is 0. The van der Waals surface area contributed by atoms with Crippen LogP contribution in [0.2, 0.25) is 0 Å². The van der Waals surface area contributed by atoms with Gasteiger partial charge in [-0.15, -0.1) is 0 Å². The topological polar surface area (TPSA) is 20.3 Å². The average molecular weight is 209 g/mol. The van der Waals surface area contributed by atoms with E-state index in [-0.39, 0.29) is 6.04 Å². The molecule has 2 heteroatoms. The van der Waals surface area contributed by atoms with Crippen LogP contribution < -0.4 is 0 Å². The molecule has 1 heterocycles. The van der Waals surface area contributed by atoms with Crippen molar-refractivity contribution in [3.05, 3.63) is 0 Å². The molecule has 0 aromatic rings. The van der Waals surface area contributed by atoms with Gasteiger partial charge in [-0.25, -0.2) is 0 Å². The van der Waals surface area contributed by atoms with E-state index in [1.807, 2.05) is 0 Å². The van der Waals surface area contributed by atoms with E-state index in [2.05, 4.69) is 18.7 Å². The Labute approximate surface area is 93.0 Å². The summed E-state index contributed by atoms with van der Waals surface area (Å²) in [6.07, 6.45) is 6.89. The second kappa shape index (κ2) is 4.65. The van der Waals surface area contributed by atoms with E-state index >= 15 is 0 Å². The lowest BCUT2D eigenvalue weighted by Gasteiger charge is -2.42. The predicted octanol–water partition coefficient (Wildman–Crippen LogP) is 2.62. The third-order valence-corrected chi connectivity index (χ3v) is 4.09. The lowest BCUT2D eigenvalue weighted by Crippen LogP contribution is -2.51. The van der Waals surface area contributed by atoms with Crippen LogP contribution in [0.15, 0.2) is 0 Å². The van der Waals surface area contributed by atoms with Gasteiger partial charge in [-0.05, 0) is 38.5 Å². The Hall–Kier alpha value is -0.370. The Morgan fingerprint density at radius 1 is 1.13 bits per heavy atom. The molecule has 1 saturated heterocycles. The highest BCUT2D eigenvalue weighted by Gasteiger charge is 2.33. The molecule has 0 radical (unpaired) electrons. The fraction of sp³-hybridized carbons (Fsp3) is 0.923. The largest absolute Gasteiger partial charge is 0.298 e. The van der Waals surface area contributed by atoms with E-state index in [0.29, 0.717) is 11.8 Å². The molecule has 1 aliphatic carbocycles. The van der Waals surface area contributed by atoms with Gasteiger partial charge in [0.2, 0.25) is 0 Å².